The van der Waals surface area contributed by atoms with Crippen LogP contribution in [0.3, 0.4) is 0 Å². The van der Waals surface area contributed by atoms with Crippen molar-refractivity contribution in [2.45, 2.75) is 277 Å². The van der Waals surface area contributed by atoms with Crippen molar-refractivity contribution in [3.8, 4) is 0 Å². The lowest BCUT2D eigenvalue weighted by Crippen LogP contribution is -2.30. The van der Waals surface area contributed by atoms with Crippen molar-refractivity contribution >= 4 is 17.9 Å². The van der Waals surface area contributed by atoms with Crippen LogP contribution < -0.4 is 0 Å². The molecule has 0 heterocycles. The van der Waals surface area contributed by atoms with Gasteiger partial charge in [-0.2, -0.15) is 0 Å². The first-order chi connectivity index (χ1) is 35.5. The molecule has 0 aromatic carbocycles. The Balaban J connectivity index is 4.34. The van der Waals surface area contributed by atoms with Gasteiger partial charge in [0.2, 0.25) is 0 Å². The van der Waals surface area contributed by atoms with Crippen molar-refractivity contribution in [2.24, 2.45) is 0 Å². The van der Waals surface area contributed by atoms with E-state index in [4.69, 9.17) is 14.2 Å². The van der Waals surface area contributed by atoms with Gasteiger partial charge in [0.1, 0.15) is 13.2 Å². The fraction of sp³-hybridized carbons (Fsp3) is 0.682. The van der Waals surface area contributed by atoms with Gasteiger partial charge in [0, 0.05) is 19.3 Å². The minimum Gasteiger partial charge on any atom is -0.462 e. The van der Waals surface area contributed by atoms with Crippen molar-refractivity contribution in [3.05, 3.63) is 109 Å². The Morgan fingerprint density at radius 3 is 0.861 bits per heavy atom. The normalized spacial score (nSPS) is 12.9. The summed E-state index contributed by atoms with van der Waals surface area (Å²) in [5.74, 6) is -0.911. The van der Waals surface area contributed by atoms with Crippen LogP contribution in [-0.4, -0.2) is 37.2 Å². The Bertz CT molecular complexity index is 1470. The highest BCUT2D eigenvalue weighted by Crippen LogP contribution is 2.15. The highest BCUT2D eigenvalue weighted by atomic mass is 16.6. The van der Waals surface area contributed by atoms with E-state index in [1.807, 2.05) is 0 Å². The second-order valence-electron chi connectivity index (χ2n) is 19.5. The summed E-state index contributed by atoms with van der Waals surface area (Å²) in [4.78, 5) is 38.2. The minimum atomic E-state index is -0.791. The van der Waals surface area contributed by atoms with E-state index in [2.05, 4.69) is 130 Å². The SMILES string of the molecule is CC/C=C\C/C=C\C/C=C\C/C=C\C/C=C\CCCCCCCCCCCC(=O)OCC(COC(=O)CCCCCCC/C=C\CCCCC)OC(=O)CCCCCCCCC/C=C\C/C=C\C/C=C\CC. The van der Waals surface area contributed by atoms with Gasteiger partial charge < -0.3 is 14.2 Å². The molecule has 1 unspecified atom stereocenters. The number of allylic oxidation sites excluding steroid dienone is 18. The molecule has 0 spiro atoms. The second-order valence-corrected chi connectivity index (χ2v) is 19.5. The molecule has 6 heteroatoms. The summed E-state index contributed by atoms with van der Waals surface area (Å²) in [6.07, 6.45) is 80.8. The number of esters is 3. The summed E-state index contributed by atoms with van der Waals surface area (Å²) < 4.78 is 16.9. The van der Waals surface area contributed by atoms with Crippen LogP contribution >= 0.6 is 0 Å². The van der Waals surface area contributed by atoms with E-state index in [0.717, 1.165) is 128 Å². The number of hydrogen-bond acceptors (Lipinski definition) is 6. The molecule has 0 aliphatic carbocycles. The lowest BCUT2D eigenvalue weighted by atomic mass is 10.1. The summed E-state index contributed by atoms with van der Waals surface area (Å²) in [6.45, 7) is 6.38. The zero-order chi connectivity index (χ0) is 52.2. The fourth-order valence-electron chi connectivity index (χ4n) is 8.07. The number of rotatable bonds is 53. The molecule has 0 aliphatic heterocycles. The Morgan fingerprint density at radius 2 is 0.542 bits per heavy atom. The summed E-state index contributed by atoms with van der Waals surface area (Å²) in [6, 6.07) is 0. The van der Waals surface area contributed by atoms with Crippen LogP contribution in [0.1, 0.15) is 271 Å². The third-order valence-corrected chi connectivity index (χ3v) is 12.5. The quantitative estimate of drug-likeness (QED) is 0.0261. The molecule has 1 atom stereocenters. The number of ether oxygens (including phenoxy) is 3. The van der Waals surface area contributed by atoms with Crippen molar-refractivity contribution in [1.29, 1.82) is 0 Å². The maximum Gasteiger partial charge on any atom is 0.306 e. The topological polar surface area (TPSA) is 78.9 Å². The summed E-state index contributed by atoms with van der Waals surface area (Å²) >= 11 is 0. The van der Waals surface area contributed by atoms with Crippen LogP contribution in [0.5, 0.6) is 0 Å². The lowest BCUT2D eigenvalue weighted by Gasteiger charge is -2.18. The smallest absolute Gasteiger partial charge is 0.306 e. The number of hydrogen-bond donors (Lipinski definition) is 0. The first-order valence-corrected chi connectivity index (χ1v) is 29.9. The molecule has 0 saturated carbocycles. The third-order valence-electron chi connectivity index (χ3n) is 12.5. The maximum absolute atomic E-state index is 12.9. The van der Waals surface area contributed by atoms with Gasteiger partial charge in [-0.1, -0.05) is 239 Å². The lowest BCUT2D eigenvalue weighted by molar-refractivity contribution is -0.167. The zero-order valence-electron chi connectivity index (χ0n) is 46.9. The second kappa shape index (κ2) is 59.6. The largest absolute Gasteiger partial charge is 0.462 e. The highest BCUT2D eigenvalue weighted by Gasteiger charge is 2.19. The van der Waals surface area contributed by atoms with Gasteiger partial charge in [-0.25, -0.2) is 0 Å². The highest BCUT2D eigenvalue weighted by molar-refractivity contribution is 5.71. The molecule has 0 aromatic heterocycles. The molecule has 6 nitrogen and oxygen atoms in total. The third kappa shape index (κ3) is 57.0. The molecule has 0 aliphatic rings. The molecular weight excluding hydrogens is 889 g/mol. The molecular formula is C66H110O6. The molecule has 0 radical (unpaired) electrons. The van der Waals surface area contributed by atoms with Crippen molar-refractivity contribution < 1.29 is 28.6 Å². The monoisotopic (exact) mass is 999 g/mol. The fourth-order valence-corrected chi connectivity index (χ4v) is 8.07. The Hall–Kier alpha value is -3.93. The summed E-state index contributed by atoms with van der Waals surface area (Å²) in [5.41, 5.74) is 0. The molecule has 410 valence electrons. The number of carbonyl (C=O) groups is 3. The number of carbonyl (C=O) groups excluding carboxylic acids is 3. The van der Waals surface area contributed by atoms with Gasteiger partial charge in [0.15, 0.2) is 6.10 Å². The average Bonchev–Trinajstić information content (AvgIpc) is 3.38. The van der Waals surface area contributed by atoms with E-state index in [0.29, 0.717) is 19.3 Å². The minimum absolute atomic E-state index is 0.0888. The van der Waals surface area contributed by atoms with Crippen LogP contribution in [0.4, 0.5) is 0 Å². The molecule has 0 aromatic rings. The maximum atomic E-state index is 12.9. The van der Waals surface area contributed by atoms with E-state index < -0.39 is 6.10 Å². The van der Waals surface area contributed by atoms with Crippen LogP contribution in [0, 0.1) is 0 Å². The summed E-state index contributed by atoms with van der Waals surface area (Å²) in [5, 5.41) is 0. The molecule has 0 rings (SSSR count). The van der Waals surface area contributed by atoms with Crippen LogP contribution in [0.2, 0.25) is 0 Å². The van der Waals surface area contributed by atoms with E-state index in [1.165, 1.54) is 103 Å². The van der Waals surface area contributed by atoms with Gasteiger partial charge in [0.05, 0.1) is 0 Å². The van der Waals surface area contributed by atoms with Gasteiger partial charge in [-0.3, -0.25) is 14.4 Å². The molecule has 0 N–H and O–H groups in total. The van der Waals surface area contributed by atoms with Gasteiger partial charge in [-0.15, -0.1) is 0 Å². The molecule has 0 fully saturated rings. The molecule has 0 amide bonds. The standard InChI is InChI=1S/C66H110O6/c1-4-7-10-13-16-19-22-25-27-29-30-31-32-33-34-35-36-38-39-41-44-47-50-53-56-59-65(68)71-62-63(61-70-64(67)58-55-52-49-46-43-24-21-18-15-12-9-6-3)72-66(69)60-57-54-51-48-45-42-40-37-28-26-23-20-17-14-11-8-5-2/h7-8,10-11,16-21,25-28,30-31,33-34,63H,4-6,9,12-15,22-24,29,32,35-62H2,1-3H3/b10-7-,11-8-,19-16-,20-17-,21-18-,27-25-,28-26-,31-30-,34-33-. The van der Waals surface area contributed by atoms with E-state index in [1.54, 1.807) is 0 Å². The molecule has 72 heavy (non-hydrogen) atoms. The number of unbranched alkanes of at least 4 members (excludes halogenated alkanes) is 24. The van der Waals surface area contributed by atoms with Crippen molar-refractivity contribution in [2.75, 3.05) is 13.2 Å². The van der Waals surface area contributed by atoms with Gasteiger partial charge in [0.25, 0.3) is 0 Å². The van der Waals surface area contributed by atoms with Crippen LogP contribution in [0.25, 0.3) is 0 Å². The predicted molar refractivity (Wildman–Crippen MR) is 311 cm³/mol. The van der Waals surface area contributed by atoms with Crippen LogP contribution in [-0.2, 0) is 28.6 Å². The average molecular weight is 1000 g/mol. The summed E-state index contributed by atoms with van der Waals surface area (Å²) in [7, 11) is 0. The van der Waals surface area contributed by atoms with Crippen molar-refractivity contribution in [3.63, 3.8) is 0 Å². The Labute approximate surface area is 444 Å². The Kier molecular flexibility index (Phi) is 56.4. The van der Waals surface area contributed by atoms with E-state index in [9.17, 15) is 14.4 Å². The Morgan fingerprint density at radius 1 is 0.292 bits per heavy atom. The molecule has 0 saturated heterocycles. The zero-order valence-corrected chi connectivity index (χ0v) is 46.9. The van der Waals surface area contributed by atoms with Gasteiger partial charge >= 0.3 is 17.9 Å². The first kappa shape index (κ1) is 68.1. The van der Waals surface area contributed by atoms with Crippen molar-refractivity contribution in [1.82, 2.24) is 0 Å². The van der Waals surface area contributed by atoms with E-state index >= 15 is 0 Å². The van der Waals surface area contributed by atoms with Crippen LogP contribution in [0.15, 0.2) is 109 Å². The predicted octanol–water partition coefficient (Wildman–Crippen LogP) is 20.3. The molecule has 0 bridgehead atoms. The first-order valence-electron chi connectivity index (χ1n) is 29.9. The van der Waals surface area contributed by atoms with Gasteiger partial charge in [-0.05, 0) is 122 Å². The van der Waals surface area contributed by atoms with E-state index in [-0.39, 0.29) is 31.1 Å².